The SMILES string of the molecule is CCOC(=O)C1=C(C2CCN(S(=O)(=O)C3CC(C)(C(=O)O)C3)CC2)NC(c2nccs2)=N[C@@H]1c1ccc(F)cc1Cl. The van der Waals surface area contributed by atoms with Crippen molar-refractivity contribution in [2.45, 2.75) is 50.8 Å². The summed E-state index contributed by atoms with van der Waals surface area (Å²) in [6.07, 6.45) is 2.61. The minimum Gasteiger partial charge on any atom is -0.481 e. The number of aliphatic imine (C=N–C) groups is 1. The highest BCUT2D eigenvalue weighted by Crippen LogP contribution is 2.46. The third-order valence-electron chi connectivity index (χ3n) is 7.98. The van der Waals surface area contributed by atoms with Gasteiger partial charge >= 0.3 is 11.9 Å². The Morgan fingerprint density at radius 3 is 2.59 bits per heavy atom. The normalized spacial score (nSPS) is 25.7. The molecule has 0 bridgehead atoms. The molecular formula is C27H30ClFN4O6S2. The largest absolute Gasteiger partial charge is 0.481 e. The molecule has 1 saturated heterocycles. The van der Waals surface area contributed by atoms with Crippen molar-refractivity contribution in [2.75, 3.05) is 19.7 Å². The number of allylic oxidation sites excluding steroid dienone is 1. The number of sulfonamides is 1. The number of carbonyl (C=O) groups excluding carboxylic acids is 1. The van der Waals surface area contributed by atoms with Crippen LogP contribution in [0.3, 0.4) is 0 Å². The van der Waals surface area contributed by atoms with Crippen LogP contribution < -0.4 is 5.32 Å². The second kappa shape index (κ2) is 11.4. The van der Waals surface area contributed by atoms with Crippen LogP contribution in [-0.4, -0.2) is 65.5 Å². The molecule has 0 amide bonds. The molecule has 14 heteroatoms. The predicted octanol–water partition coefficient (Wildman–Crippen LogP) is 4.14. The minimum atomic E-state index is -3.68. The molecule has 41 heavy (non-hydrogen) atoms. The van der Waals surface area contributed by atoms with Gasteiger partial charge in [0, 0.05) is 46.9 Å². The van der Waals surface area contributed by atoms with Gasteiger partial charge in [0.15, 0.2) is 10.8 Å². The lowest BCUT2D eigenvalue weighted by Crippen LogP contribution is -2.54. The molecule has 0 unspecified atom stereocenters. The van der Waals surface area contributed by atoms with E-state index >= 15 is 0 Å². The molecule has 220 valence electrons. The number of amidine groups is 1. The van der Waals surface area contributed by atoms with Gasteiger partial charge in [0.1, 0.15) is 11.9 Å². The molecule has 1 aromatic heterocycles. The average molecular weight is 625 g/mol. The Morgan fingerprint density at radius 2 is 2.00 bits per heavy atom. The number of halogens is 2. The molecule has 2 fully saturated rings. The second-order valence-corrected chi connectivity index (χ2v) is 14.2. The number of rotatable bonds is 8. The first kappa shape index (κ1) is 29.6. The van der Waals surface area contributed by atoms with Crippen LogP contribution in [0.15, 0.2) is 46.0 Å². The average Bonchev–Trinajstić information content (AvgIpc) is 3.46. The molecule has 2 aliphatic heterocycles. The zero-order valence-electron chi connectivity index (χ0n) is 22.5. The van der Waals surface area contributed by atoms with Crippen LogP contribution in [0.5, 0.6) is 0 Å². The number of nitrogens with one attached hydrogen (secondary N) is 1. The zero-order valence-corrected chi connectivity index (χ0v) is 24.9. The van der Waals surface area contributed by atoms with Crippen LogP contribution in [0.25, 0.3) is 0 Å². The van der Waals surface area contributed by atoms with Gasteiger partial charge in [0.05, 0.1) is 22.8 Å². The number of aliphatic carboxylic acids is 1. The van der Waals surface area contributed by atoms with E-state index < -0.39 is 44.5 Å². The van der Waals surface area contributed by atoms with Crippen molar-refractivity contribution < 1.29 is 32.2 Å². The van der Waals surface area contributed by atoms with Crippen molar-refractivity contribution in [3.63, 3.8) is 0 Å². The summed E-state index contributed by atoms with van der Waals surface area (Å²) in [6.45, 7) is 3.80. The van der Waals surface area contributed by atoms with Crippen LogP contribution in [0.1, 0.15) is 56.1 Å². The highest BCUT2D eigenvalue weighted by molar-refractivity contribution is 7.89. The summed E-state index contributed by atoms with van der Waals surface area (Å²) in [4.78, 5) is 34.0. The van der Waals surface area contributed by atoms with E-state index in [-0.39, 0.29) is 49.1 Å². The van der Waals surface area contributed by atoms with E-state index in [9.17, 15) is 27.5 Å². The first-order chi connectivity index (χ1) is 19.4. The Labute approximate surface area is 246 Å². The summed E-state index contributed by atoms with van der Waals surface area (Å²) in [7, 11) is -3.68. The Balaban J connectivity index is 1.46. The molecule has 3 heterocycles. The maximum atomic E-state index is 13.9. The fraction of sp³-hybridized carbons (Fsp3) is 0.481. The number of nitrogens with zero attached hydrogens (tertiary/aromatic N) is 3. The molecule has 2 N–H and O–H groups in total. The highest BCUT2D eigenvalue weighted by atomic mass is 35.5. The molecule has 5 rings (SSSR count). The lowest BCUT2D eigenvalue weighted by molar-refractivity contribution is -0.152. The highest BCUT2D eigenvalue weighted by Gasteiger charge is 2.53. The molecule has 1 aliphatic carbocycles. The van der Waals surface area contributed by atoms with Crippen LogP contribution in [0.2, 0.25) is 5.02 Å². The van der Waals surface area contributed by atoms with Crippen LogP contribution in [0.4, 0.5) is 4.39 Å². The number of aromatic nitrogens is 1. The number of carbonyl (C=O) groups is 2. The van der Waals surface area contributed by atoms with E-state index in [2.05, 4.69) is 10.3 Å². The van der Waals surface area contributed by atoms with E-state index in [1.807, 2.05) is 0 Å². The van der Waals surface area contributed by atoms with Crippen molar-refractivity contribution in [1.29, 1.82) is 0 Å². The fourth-order valence-corrected chi connectivity index (χ4v) is 8.81. The Morgan fingerprint density at radius 1 is 1.29 bits per heavy atom. The third-order valence-corrected chi connectivity index (χ3v) is 11.3. The number of hydrogen-bond donors (Lipinski definition) is 2. The number of carboxylic acid groups (broad SMARTS) is 1. The van der Waals surface area contributed by atoms with Gasteiger partial charge in [0.2, 0.25) is 10.0 Å². The van der Waals surface area contributed by atoms with Gasteiger partial charge < -0.3 is 15.2 Å². The Hall–Kier alpha value is -2.87. The van der Waals surface area contributed by atoms with Crippen molar-refractivity contribution in [3.8, 4) is 0 Å². The first-order valence-electron chi connectivity index (χ1n) is 13.3. The third kappa shape index (κ3) is 5.64. The summed E-state index contributed by atoms with van der Waals surface area (Å²) in [5, 5.41) is 14.5. The Kier molecular flexibility index (Phi) is 8.25. The van der Waals surface area contributed by atoms with Crippen molar-refractivity contribution >= 4 is 50.7 Å². The van der Waals surface area contributed by atoms with Gasteiger partial charge in [-0.3, -0.25) is 9.79 Å². The van der Waals surface area contributed by atoms with Gasteiger partial charge in [-0.15, -0.1) is 11.3 Å². The fourth-order valence-electron chi connectivity index (χ4n) is 5.66. The van der Waals surface area contributed by atoms with Gasteiger partial charge in [-0.05, 0) is 51.7 Å². The minimum absolute atomic E-state index is 0.0814. The van der Waals surface area contributed by atoms with E-state index in [0.29, 0.717) is 34.9 Å². The number of hydrogen-bond acceptors (Lipinski definition) is 9. The number of esters is 1. The summed E-state index contributed by atoms with van der Waals surface area (Å²) in [5.74, 6) is -1.94. The smallest absolute Gasteiger partial charge is 0.338 e. The zero-order chi connectivity index (χ0) is 29.5. The number of thiazole rings is 1. The van der Waals surface area contributed by atoms with Gasteiger partial charge in [-0.25, -0.2) is 26.9 Å². The Bertz CT molecular complexity index is 1510. The van der Waals surface area contributed by atoms with E-state index in [0.717, 1.165) is 0 Å². The van der Waals surface area contributed by atoms with E-state index in [4.69, 9.17) is 21.3 Å². The number of carboxylic acids is 1. The number of benzene rings is 1. The van der Waals surface area contributed by atoms with Crippen molar-refractivity contribution in [2.24, 2.45) is 16.3 Å². The van der Waals surface area contributed by atoms with Gasteiger partial charge in [-0.2, -0.15) is 0 Å². The van der Waals surface area contributed by atoms with Crippen LogP contribution in [0, 0.1) is 17.2 Å². The quantitative estimate of drug-likeness (QED) is 0.418. The lowest BCUT2D eigenvalue weighted by Gasteiger charge is -2.44. The molecule has 2 aromatic rings. The summed E-state index contributed by atoms with van der Waals surface area (Å²) in [5.41, 5.74) is 0.186. The molecule has 0 radical (unpaired) electrons. The summed E-state index contributed by atoms with van der Waals surface area (Å²) in [6, 6.07) is 3.01. The molecule has 3 aliphatic rings. The van der Waals surface area contributed by atoms with Crippen LogP contribution in [-0.2, 0) is 24.3 Å². The van der Waals surface area contributed by atoms with Crippen LogP contribution >= 0.6 is 22.9 Å². The summed E-state index contributed by atoms with van der Waals surface area (Å²) < 4.78 is 47.4. The van der Waals surface area contributed by atoms with Gasteiger partial charge in [0.25, 0.3) is 0 Å². The van der Waals surface area contributed by atoms with Gasteiger partial charge in [-0.1, -0.05) is 17.7 Å². The molecule has 1 atom stereocenters. The second-order valence-electron chi connectivity index (χ2n) is 10.7. The lowest BCUT2D eigenvalue weighted by atomic mass is 9.70. The molecule has 10 nitrogen and oxygen atoms in total. The molecule has 0 spiro atoms. The molecular weight excluding hydrogens is 595 g/mol. The predicted molar refractivity (Wildman–Crippen MR) is 152 cm³/mol. The standard InChI is InChI=1S/C27H30ClFN4O6S2/c1-3-39-25(34)20-21(15-6-9-33(10-7-15)41(37,38)17-13-27(2,14-17)26(35)36)31-23(24-30-8-11-40-24)32-22(20)18-5-4-16(29)12-19(18)28/h4-5,8,11-12,15,17,22H,3,6-7,9-10,13-14H2,1-2H3,(H,31,32)(H,35,36)/t17?,22-,27?/m1/s1. The monoisotopic (exact) mass is 624 g/mol. The van der Waals surface area contributed by atoms with Crippen molar-refractivity contribution in [1.82, 2.24) is 14.6 Å². The van der Waals surface area contributed by atoms with Crippen molar-refractivity contribution in [3.05, 3.63) is 62.5 Å². The molecule has 1 saturated carbocycles. The topological polar surface area (TPSA) is 138 Å². The number of piperidine rings is 1. The molecule has 1 aromatic carbocycles. The van der Waals surface area contributed by atoms with E-state index in [1.165, 1.54) is 33.8 Å². The maximum Gasteiger partial charge on any atom is 0.338 e. The number of ether oxygens (including phenoxy) is 1. The summed E-state index contributed by atoms with van der Waals surface area (Å²) >= 11 is 7.80. The first-order valence-corrected chi connectivity index (χ1v) is 16.0. The van der Waals surface area contributed by atoms with E-state index in [1.54, 1.807) is 25.4 Å². The maximum absolute atomic E-state index is 13.9.